The SMILES string of the molecule is Cc1c(C(=O)O)cc(S(=O)(=O)O)c(C)c1C(=O)O.[Ba+2].[Ba+2].[H-].[H-].[H-].[H-]. The minimum Gasteiger partial charge on any atom is -1.00 e. The summed E-state index contributed by atoms with van der Waals surface area (Å²) in [6.07, 6.45) is 0. The van der Waals surface area contributed by atoms with Gasteiger partial charge in [0.25, 0.3) is 10.1 Å². The first-order valence-electron chi connectivity index (χ1n) is 4.65. The monoisotopic (exact) mass is 554 g/mol. The van der Waals surface area contributed by atoms with Crippen LogP contribution in [0.3, 0.4) is 0 Å². The Balaban J connectivity index is -0.000000135. The summed E-state index contributed by atoms with van der Waals surface area (Å²) in [7, 11) is -4.69. The molecule has 0 aromatic heterocycles. The van der Waals surface area contributed by atoms with Crippen molar-refractivity contribution in [2.45, 2.75) is 18.7 Å². The third-order valence-corrected chi connectivity index (χ3v) is 3.50. The van der Waals surface area contributed by atoms with Crippen LogP contribution in [0.15, 0.2) is 11.0 Å². The Kier molecular flexibility index (Phi) is 10.3. The van der Waals surface area contributed by atoms with Crippen LogP contribution in [0, 0.1) is 13.8 Å². The van der Waals surface area contributed by atoms with Crippen molar-refractivity contribution in [2.75, 3.05) is 0 Å². The van der Waals surface area contributed by atoms with Gasteiger partial charge in [-0.3, -0.25) is 4.55 Å². The van der Waals surface area contributed by atoms with Crippen molar-refractivity contribution < 1.29 is 38.5 Å². The van der Waals surface area contributed by atoms with Crippen LogP contribution in [-0.4, -0.2) is 133 Å². The molecule has 0 unspecified atom stereocenters. The molecule has 0 saturated carbocycles. The summed E-state index contributed by atoms with van der Waals surface area (Å²) in [6, 6.07) is 0.745. The number of carboxylic acid groups (broad SMARTS) is 2. The van der Waals surface area contributed by atoms with E-state index in [1.165, 1.54) is 13.8 Å². The summed E-state index contributed by atoms with van der Waals surface area (Å²) in [5.41, 5.74) is -1.19. The van der Waals surface area contributed by atoms with E-state index in [4.69, 9.17) is 14.8 Å². The van der Waals surface area contributed by atoms with Gasteiger partial charge in [0.2, 0.25) is 0 Å². The first-order chi connectivity index (χ1) is 8.07. The number of carbonyl (C=O) groups is 2. The number of hydrogen-bond donors (Lipinski definition) is 3. The molecule has 1 rings (SSSR count). The minimum atomic E-state index is -4.69. The molecule has 0 atom stereocenters. The van der Waals surface area contributed by atoms with Gasteiger partial charge in [-0.15, -0.1) is 0 Å². The zero-order valence-electron chi connectivity index (χ0n) is 14.9. The van der Waals surface area contributed by atoms with E-state index in [2.05, 4.69) is 0 Å². The van der Waals surface area contributed by atoms with Crippen LogP contribution in [0.4, 0.5) is 0 Å². The Hall–Kier alpha value is 1.21. The van der Waals surface area contributed by atoms with Crippen molar-refractivity contribution in [3.8, 4) is 0 Å². The molecule has 7 nitrogen and oxygen atoms in total. The summed E-state index contributed by atoms with van der Waals surface area (Å²) in [5, 5.41) is 17.9. The fraction of sp³-hybridized carbons (Fsp3) is 0.200. The second kappa shape index (κ2) is 8.74. The smallest absolute Gasteiger partial charge is 1.00 e. The predicted molar refractivity (Wildman–Crippen MR) is 75.6 cm³/mol. The topological polar surface area (TPSA) is 129 Å². The summed E-state index contributed by atoms with van der Waals surface area (Å²) >= 11 is 0. The number of benzene rings is 1. The van der Waals surface area contributed by atoms with E-state index in [1.807, 2.05) is 0 Å². The molecule has 1 aromatic carbocycles. The van der Waals surface area contributed by atoms with Crippen LogP contribution < -0.4 is 0 Å². The van der Waals surface area contributed by atoms with Crippen molar-refractivity contribution in [2.24, 2.45) is 0 Å². The van der Waals surface area contributed by atoms with E-state index in [9.17, 15) is 18.0 Å². The van der Waals surface area contributed by atoms with E-state index in [0.29, 0.717) is 0 Å². The van der Waals surface area contributed by atoms with E-state index in [1.54, 1.807) is 0 Å². The number of aromatic carboxylic acids is 2. The number of carboxylic acids is 2. The maximum Gasteiger partial charge on any atom is 2.00 e. The molecular formula is C10H14Ba2O7S. The van der Waals surface area contributed by atoms with Crippen LogP contribution in [0.1, 0.15) is 37.5 Å². The number of rotatable bonds is 3. The Morgan fingerprint density at radius 3 is 1.80 bits per heavy atom. The van der Waals surface area contributed by atoms with Gasteiger partial charge in [-0.1, -0.05) is 0 Å². The van der Waals surface area contributed by atoms with E-state index < -0.39 is 38.1 Å². The van der Waals surface area contributed by atoms with E-state index in [0.717, 1.165) is 6.07 Å². The Morgan fingerprint density at radius 2 is 1.50 bits per heavy atom. The summed E-state index contributed by atoms with van der Waals surface area (Å²) in [6.45, 7) is 2.44. The van der Waals surface area contributed by atoms with Crippen LogP contribution in [0.25, 0.3) is 0 Å². The molecule has 0 bridgehead atoms. The molecule has 3 N–H and O–H groups in total. The zero-order valence-corrected chi connectivity index (χ0v) is 20.6. The van der Waals surface area contributed by atoms with Crippen LogP contribution in [-0.2, 0) is 10.1 Å². The third kappa shape index (κ3) is 5.14. The largest absolute Gasteiger partial charge is 2.00 e. The summed E-state index contributed by atoms with van der Waals surface area (Å²) in [5.74, 6) is -2.93. The second-order valence-electron chi connectivity index (χ2n) is 3.63. The van der Waals surface area contributed by atoms with Crippen LogP contribution >= 0.6 is 0 Å². The van der Waals surface area contributed by atoms with E-state index in [-0.39, 0.29) is 115 Å². The predicted octanol–water partition coefficient (Wildman–Crippen LogP) is 0.635. The molecular weight excluding hydrogens is 539 g/mol. The zero-order chi connectivity index (χ0) is 14.2. The molecule has 0 aliphatic rings. The van der Waals surface area contributed by atoms with Crippen LogP contribution in [0.5, 0.6) is 0 Å². The first-order valence-corrected chi connectivity index (χ1v) is 6.09. The Bertz CT molecular complexity index is 668. The van der Waals surface area contributed by atoms with Gasteiger partial charge in [-0.2, -0.15) is 8.42 Å². The molecule has 0 heterocycles. The molecule has 0 radical (unpaired) electrons. The average molecular weight is 553 g/mol. The molecule has 10 heteroatoms. The van der Waals surface area contributed by atoms with Gasteiger partial charge < -0.3 is 15.9 Å². The van der Waals surface area contributed by atoms with Gasteiger partial charge >= 0.3 is 110 Å². The average Bonchev–Trinajstić information content (AvgIpc) is 2.13. The van der Waals surface area contributed by atoms with Crippen molar-refractivity contribution in [1.29, 1.82) is 0 Å². The number of hydrogen-bond acceptors (Lipinski definition) is 4. The van der Waals surface area contributed by atoms with Crippen molar-refractivity contribution in [3.05, 3.63) is 28.3 Å². The molecule has 0 spiro atoms. The third-order valence-electron chi connectivity index (χ3n) is 2.52. The standard InChI is InChI=1S/C10H10O7S.2Ba.4H/c1-4-6(9(11)12)3-7(18(15,16)17)5(2)8(4)10(13)14;;;;;;/h3H,1-2H3,(H,11,12)(H,13,14)(H,15,16,17);;;;;;/q;2*+2;4*-1. The quantitative estimate of drug-likeness (QED) is 0.371. The van der Waals surface area contributed by atoms with Gasteiger partial charge in [0, 0.05) is 0 Å². The Labute approximate surface area is 202 Å². The summed E-state index contributed by atoms with van der Waals surface area (Å²) in [4.78, 5) is 21.2. The van der Waals surface area contributed by atoms with Gasteiger partial charge in [0.15, 0.2) is 0 Å². The second-order valence-corrected chi connectivity index (χ2v) is 5.02. The summed E-state index contributed by atoms with van der Waals surface area (Å²) < 4.78 is 31.1. The fourth-order valence-electron chi connectivity index (χ4n) is 1.70. The molecule has 0 aliphatic heterocycles. The molecule has 0 amide bonds. The van der Waals surface area contributed by atoms with Gasteiger partial charge in [-0.25, -0.2) is 9.59 Å². The van der Waals surface area contributed by atoms with Gasteiger partial charge in [-0.05, 0) is 31.0 Å². The minimum absolute atomic E-state index is 0. The van der Waals surface area contributed by atoms with E-state index >= 15 is 0 Å². The maximum atomic E-state index is 11.1. The van der Waals surface area contributed by atoms with Gasteiger partial charge in [0.1, 0.15) is 0 Å². The van der Waals surface area contributed by atoms with Crippen molar-refractivity contribution in [1.82, 2.24) is 0 Å². The molecule has 106 valence electrons. The molecule has 1 aromatic rings. The molecule has 0 saturated heterocycles. The molecule has 0 aliphatic carbocycles. The normalized spacial score (nSPS) is 10.2. The maximum absolute atomic E-state index is 11.1. The Morgan fingerprint density at radius 1 is 1.05 bits per heavy atom. The van der Waals surface area contributed by atoms with Crippen molar-refractivity contribution >= 4 is 120 Å². The van der Waals surface area contributed by atoms with Crippen molar-refractivity contribution in [3.63, 3.8) is 0 Å². The fourth-order valence-corrected chi connectivity index (χ4v) is 2.45. The van der Waals surface area contributed by atoms with Crippen LogP contribution in [0.2, 0.25) is 0 Å². The van der Waals surface area contributed by atoms with Gasteiger partial charge in [0.05, 0.1) is 16.0 Å². The first kappa shape index (κ1) is 23.5. The molecule has 20 heavy (non-hydrogen) atoms. The molecule has 0 fully saturated rings.